The smallest absolute Gasteiger partial charge is 0.270 e. The molecule has 0 saturated carbocycles. The second-order valence-electron chi connectivity index (χ2n) is 5.31. The number of fused-ring (bicyclic) bond motifs is 1. The number of rotatable bonds is 2. The van der Waals surface area contributed by atoms with Crippen molar-refractivity contribution in [2.75, 3.05) is 4.90 Å². The van der Waals surface area contributed by atoms with E-state index in [-0.39, 0.29) is 27.5 Å². The number of halogens is 2. The van der Waals surface area contributed by atoms with Crippen molar-refractivity contribution in [3.63, 3.8) is 0 Å². The summed E-state index contributed by atoms with van der Waals surface area (Å²) in [6.07, 6.45) is 0. The van der Waals surface area contributed by atoms with Crippen molar-refractivity contribution in [1.29, 1.82) is 0 Å². The van der Waals surface area contributed by atoms with Crippen molar-refractivity contribution in [3.05, 3.63) is 68.7 Å². The fourth-order valence-corrected chi connectivity index (χ4v) is 3.07. The molecule has 0 aliphatic carbocycles. The van der Waals surface area contributed by atoms with Gasteiger partial charge in [-0.2, -0.15) is 0 Å². The third-order valence-electron chi connectivity index (χ3n) is 3.75. The van der Waals surface area contributed by atoms with Crippen molar-refractivity contribution < 1.29 is 14.5 Å². The molecule has 0 radical (unpaired) electrons. The van der Waals surface area contributed by atoms with E-state index in [1.165, 1.54) is 25.1 Å². The molecule has 6 nitrogen and oxygen atoms in total. The lowest BCUT2D eigenvalue weighted by Crippen LogP contribution is -2.31. The number of nitro benzene ring substituents is 1. The maximum Gasteiger partial charge on any atom is 0.270 e. The van der Waals surface area contributed by atoms with Gasteiger partial charge in [0.15, 0.2) is 0 Å². The molecule has 126 valence electrons. The fraction of sp³-hybridized carbons (Fsp3) is 0.0588. The van der Waals surface area contributed by atoms with E-state index in [1.54, 1.807) is 24.3 Å². The molecule has 1 aliphatic heterocycles. The molecule has 0 saturated heterocycles. The van der Waals surface area contributed by atoms with Crippen LogP contribution in [0.4, 0.5) is 11.4 Å². The predicted molar refractivity (Wildman–Crippen MR) is 95.4 cm³/mol. The van der Waals surface area contributed by atoms with Gasteiger partial charge in [0.1, 0.15) is 0 Å². The van der Waals surface area contributed by atoms with Crippen molar-refractivity contribution in [3.8, 4) is 0 Å². The van der Waals surface area contributed by atoms with Gasteiger partial charge in [0.25, 0.3) is 11.6 Å². The highest BCUT2D eigenvalue weighted by atomic mass is 35.5. The van der Waals surface area contributed by atoms with Gasteiger partial charge in [-0.15, -0.1) is 0 Å². The molecule has 0 N–H and O–H groups in total. The summed E-state index contributed by atoms with van der Waals surface area (Å²) in [7, 11) is 0. The number of nitrogens with zero attached hydrogens (tertiary/aromatic N) is 2. The molecule has 0 bridgehead atoms. The van der Waals surface area contributed by atoms with Crippen LogP contribution < -0.4 is 4.90 Å². The molecular formula is C17H10Cl2N2O4. The number of non-ortho nitro benzene ring substituents is 1. The molecule has 2 aromatic carbocycles. The second-order valence-corrected chi connectivity index (χ2v) is 6.13. The van der Waals surface area contributed by atoms with Crippen molar-refractivity contribution in [2.24, 2.45) is 0 Å². The maximum absolute atomic E-state index is 12.7. The van der Waals surface area contributed by atoms with Gasteiger partial charge < -0.3 is 0 Å². The number of imide groups is 1. The second kappa shape index (κ2) is 6.31. The molecular weight excluding hydrogens is 367 g/mol. The number of benzene rings is 2. The zero-order valence-corrected chi connectivity index (χ0v) is 14.3. The highest BCUT2D eigenvalue weighted by Crippen LogP contribution is 2.43. The van der Waals surface area contributed by atoms with E-state index in [4.69, 9.17) is 23.2 Å². The lowest BCUT2D eigenvalue weighted by Gasteiger charge is -2.11. The number of carbonyl (C=O) groups excluding carboxylic acids is 2. The molecule has 0 unspecified atom stereocenters. The fourth-order valence-electron chi connectivity index (χ4n) is 2.63. The van der Waals surface area contributed by atoms with Gasteiger partial charge in [-0.05, 0) is 23.8 Å². The van der Waals surface area contributed by atoms with Gasteiger partial charge in [0.05, 0.1) is 21.2 Å². The molecule has 2 aromatic rings. The molecule has 1 heterocycles. The van der Waals surface area contributed by atoms with Crippen LogP contribution in [0.15, 0.2) is 42.5 Å². The average molecular weight is 377 g/mol. The van der Waals surface area contributed by atoms with E-state index < -0.39 is 16.7 Å². The molecule has 0 spiro atoms. The Kier molecular flexibility index (Phi) is 4.32. The Balaban J connectivity index is 2.27. The van der Waals surface area contributed by atoms with Gasteiger partial charge in [0.2, 0.25) is 5.91 Å². The zero-order valence-electron chi connectivity index (χ0n) is 12.8. The Morgan fingerprint density at radius 3 is 2.36 bits per heavy atom. The normalized spacial score (nSPS) is 15.2. The number of hydrogen-bond donors (Lipinski definition) is 0. The molecule has 0 atom stereocenters. The summed E-state index contributed by atoms with van der Waals surface area (Å²) in [5, 5.41) is 11.6. The van der Waals surface area contributed by atoms with Crippen LogP contribution in [0.1, 0.15) is 18.1 Å². The lowest BCUT2D eigenvalue weighted by molar-refractivity contribution is -0.384. The Bertz CT molecular complexity index is 952. The minimum Gasteiger partial charge on any atom is -0.274 e. The Morgan fingerprint density at radius 1 is 1.16 bits per heavy atom. The van der Waals surface area contributed by atoms with Gasteiger partial charge in [0, 0.05) is 29.6 Å². The minimum atomic E-state index is -0.622. The highest BCUT2D eigenvalue weighted by Gasteiger charge is 2.38. The average Bonchev–Trinajstić information content (AvgIpc) is 2.85. The highest BCUT2D eigenvalue weighted by molar-refractivity contribution is 6.60. The van der Waals surface area contributed by atoms with Gasteiger partial charge in [-0.1, -0.05) is 35.3 Å². The summed E-state index contributed by atoms with van der Waals surface area (Å²) in [5.74, 6) is -1.13. The lowest BCUT2D eigenvalue weighted by atomic mass is 10.0. The van der Waals surface area contributed by atoms with E-state index in [1.807, 2.05) is 0 Å². The van der Waals surface area contributed by atoms with Crippen LogP contribution in [0, 0.1) is 10.1 Å². The van der Waals surface area contributed by atoms with E-state index in [0.29, 0.717) is 10.6 Å². The summed E-state index contributed by atoms with van der Waals surface area (Å²) in [6.45, 7) is 1.24. The van der Waals surface area contributed by atoms with Crippen LogP contribution in [0.5, 0.6) is 0 Å². The topological polar surface area (TPSA) is 80.5 Å². The van der Waals surface area contributed by atoms with E-state index in [0.717, 1.165) is 4.90 Å². The summed E-state index contributed by atoms with van der Waals surface area (Å²) in [5.41, 5.74) is 0.866. The molecule has 8 heteroatoms. The number of nitro groups is 1. The molecule has 1 aliphatic rings. The summed E-state index contributed by atoms with van der Waals surface area (Å²) in [4.78, 5) is 36.0. The monoisotopic (exact) mass is 376 g/mol. The van der Waals surface area contributed by atoms with Crippen molar-refractivity contribution >= 4 is 57.0 Å². The standard InChI is InChI=1S/C17H10Cl2N2O4/c1-9(22)20-14-7-6-12(21(24)25)8-13(14)15(17(20)23)16(19)10-2-4-11(18)5-3-10/h2-8H,1H3/b16-15+. The largest absolute Gasteiger partial charge is 0.274 e. The third kappa shape index (κ3) is 2.90. The molecule has 25 heavy (non-hydrogen) atoms. The van der Waals surface area contributed by atoms with Crippen molar-refractivity contribution in [2.45, 2.75) is 6.92 Å². The first-order valence-corrected chi connectivity index (χ1v) is 7.86. The first-order valence-electron chi connectivity index (χ1n) is 7.11. The Labute approximate surface area is 152 Å². The van der Waals surface area contributed by atoms with E-state index in [9.17, 15) is 19.7 Å². The van der Waals surface area contributed by atoms with Gasteiger partial charge in [-0.3, -0.25) is 19.7 Å². The number of anilines is 1. The summed E-state index contributed by atoms with van der Waals surface area (Å²) in [6, 6.07) is 10.3. The zero-order chi connectivity index (χ0) is 18.3. The summed E-state index contributed by atoms with van der Waals surface area (Å²) >= 11 is 12.2. The van der Waals surface area contributed by atoms with Crippen LogP contribution in [-0.2, 0) is 9.59 Å². The van der Waals surface area contributed by atoms with Crippen LogP contribution in [0.25, 0.3) is 10.6 Å². The minimum absolute atomic E-state index is 0.0397. The quantitative estimate of drug-likeness (QED) is 0.445. The van der Waals surface area contributed by atoms with Gasteiger partial charge >= 0.3 is 0 Å². The SMILES string of the molecule is CC(=O)N1C(=O)/C(=C(/Cl)c2ccc(Cl)cc2)c2cc([N+](=O)[O-])ccc21. The molecule has 0 fully saturated rings. The Morgan fingerprint density at radius 2 is 1.80 bits per heavy atom. The first-order chi connectivity index (χ1) is 11.8. The first kappa shape index (κ1) is 17.1. The Hall–Kier alpha value is -2.70. The summed E-state index contributed by atoms with van der Waals surface area (Å²) < 4.78 is 0. The van der Waals surface area contributed by atoms with Crippen LogP contribution in [0.3, 0.4) is 0 Å². The number of amides is 2. The number of hydrogen-bond acceptors (Lipinski definition) is 4. The van der Waals surface area contributed by atoms with E-state index >= 15 is 0 Å². The van der Waals surface area contributed by atoms with Crippen molar-refractivity contribution in [1.82, 2.24) is 0 Å². The molecule has 0 aromatic heterocycles. The molecule has 2 amide bonds. The molecule has 3 rings (SSSR count). The third-order valence-corrected chi connectivity index (χ3v) is 4.41. The van der Waals surface area contributed by atoms with Crippen LogP contribution in [0.2, 0.25) is 5.02 Å². The van der Waals surface area contributed by atoms with Crippen LogP contribution >= 0.6 is 23.2 Å². The maximum atomic E-state index is 12.7. The van der Waals surface area contributed by atoms with E-state index in [2.05, 4.69) is 0 Å². The predicted octanol–water partition coefficient (Wildman–Crippen LogP) is 4.25. The van der Waals surface area contributed by atoms with Gasteiger partial charge in [-0.25, -0.2) is 4.90 Å². The number of carbonyl (C=O) groups is 2. The van der Waals surface area contributed by atoms with Crippen LogP contribution in [-0.4, -0.2) is 16.7 Å².